The van der Waals surface area contributed by atoms with Crippen molar-refractivity contribution in [3.05, 3.63) is 94.0 Å². The lowest BCUT2D eigenvalue weighted by atomic mass is 9.86. The predicted octanol–water partition coefficient (Wildman–Crippen LogP) is 3.37. The molecule has 11 heteroatoms. The van der Waals surface area contributed by atoms with E-state index in [1.54, 1.807) is 18.2 Å². The number of para-hydroxylation sites is 1. The molecule has 3 aromatic heterocycles. The molecule has 4 N–H and O–H groups in total. The molecule has 5 heterocycles. The van der Waals surface area contributed by atoms with Gasteiger partial charge in [-0.05, 0) is 36.6 Å². The number of nitrogen functional groups attached to an aromatic ring is 1. The predicted molar refractivity (Wildman–Crippen MR) is 147 cm³/mol. The van der Waals surface area contributed by atoms with Gasteiger partial charge in [0.1, 0.15) is 29.2 Å². The Morgan fingerprint density at radius 3 is 2.58 bits per heavy atom. The first-order valence-corrected chi connectivity index (χ1v) is 13.1. The Morgan fingerprint density at radius 2 is 1.88 bits per heavy atom. The average molecular weight is 540 g/mol. The van der Waals surface area contributed by atoms with Gasteiger partial charge < -0.3 is 20.8 Å². The highest BCUT2D eigenvalue weighted by molar-refractivity contribution is 6.01. The van der Waals surface area contributed by atoms with Crippen LogP contribution in [0.2, 0.25) is 0 Å². The van der Waals surface area contributed by atoms with Crippen LogP contribution in [0.5, 0.6) is 0 Å². The van der Waals surface area contributed by atoms with Gasteiger partial charge in [0, 0.05) is 29.8 Å². The first kappa shape index (κ1) is 24.3. The number of ether oxygens (including phenoxy) is 1. The van der Waals surface area contributed by atoms with Crippen molar-refractivity contribution in [2.45, 2.75) is 31.3 Å². The molecule has 10 nitrogen and oxygen atoms in total. The first-order chi connectivity index (χ1) is 19.4. The summed E-state index contributed by atoms with van der Waals surface area (Å²) in [6, 6.07) is 14.2. The molecule has 40 heavy (non-hydrogen) atoms. The number of carbonyl (C=O) groups is 1. The molecule has 0 radical (unpaired) electrons. The normalized spacial score (nSPS) is 17.1. The molecule has 0 bridgehead atoms. The van der Waals surface area contributed by atoms with Crippen LogP contribution in [0.4, 0.5) is 10.2 Å². The van der Waals surface area contributed by atoms with Gasteiger partial charge in [-0.15, -0.1) is 0 Å². The number of anilines is 1. The zero-order valence-corrected chi connectivity index (χ0v) is 21.5. The monoisotopic (exact) mass is 539 g/mol. The summed E-state index contributed by atoms with van der Waals surface area (Å²) < 4.78 is 26.6. The highest BCUT2D eigenvalue weighted by Gasteiger charge is 2.34. The zero-order valence-electron chi connectivity index (χ0n) is 21.5. The third kappa shape index (κ3) is 3.58. The lowest BCUT2D eigenvalue weighted by Crippen LogP contribution is -2.30. The van der Waals surface area contributed by atoms with Crippen LogP contribution in [0.3, 0.4) is 0 Å². The number of nitrogens with zero attached hydrogens (tertiary/aromatic N) is 5. The number of carbonyl (C=O) groups excluding carboxylic acids is 1. The summed E-state index contributed by atoms with van der Waals surface area (Å²) in [6.45, 7) is 1.62. The number of nitrogens with two attached hydrogens (primary N) is 2. The Hall–Kier alpha value is -4.77. The van der Waals surface area contributed by atoms with Crippen molar-refractivity contribution < 1.29 is 13.9 Å². The minimum atomic E-state index is -0.796. The molecular formula is C29H26FN7O3. The number of amides is 1. The largest absolute Gasteiger partial charge is 0.383 e. The summed E-state index contributed by atoms with van der Waals surface area (Å²) in [5, 5.41) is 0.587. The zero-order chi connectivity index (χ0) is 27.5. The Kier molecular flexibility index (Phi) is 5.56. The van der Waals surface area contributed by atoms with E-state index in [4.69, 9.17) is 16.2 Å². The summed E-state index contributed by atoms with van der Waals surface area (Å²) in [6.07, 6.45) is 4.63. The van der Waals surface area contributed by atoms with Crippen LogP contribution in [0.1, 0.15) is 46.4 Å². The molecule has 0 saturated carbocycles. The van der Waals surface area contributed by atoms with E-state index in [2.05, 4.69) is 9.97 Å². The number of primary amides is 1. The molecule has 2 aromatic carbocycles. The van der Waals surface area contributed by atoms with Crippen LogP contribution < -0.4 is 17.0 Å². The molecule has 2 aliphatic rings. The summed E-state index contributed by atoms with van der Waals surface area (Å²) in [5.41, 5.74) is 14.8. The summed E-state index contributed by atoms with van der Waals surface area (Å²) in [4.78, 5) is 34.6. The van der Waals surface area contributed by atoms with Gasteiger partial charge in [-0.25, -0.2) is 19.0 Å². The first-order valence-electron chi connectivity index (χ1n) is 13.1. The van der Waals surface area contributed by atoms with Crippen molar-refractivity contribution in [2.24, 2.45) is 5.73 Å². The fourth-order valence-electron chi connectivity index (χ4n) is 6.04. The summed E-state index contributed by atoms with van der Waals surface area (Å²) >= 11 is 0. The number of aromatic nitrogens is 5. The minimum Gasteiger partial charge on any atom is -0.383 e. The maximum absolute atomic E-state index is 16.0. The minimum absolute atomic E-state index is 0.0613. The van der Waals surface area contributed by atoms with Crippen molar-refractivity contribution in [1.29, 1.82) is 0 Å². The molecule has 1 atom stereocenters. The van der Waals surface area contributed by atoms with E-state index in [0.717, 1.165) is 6.42 Å². The molecule has 202 valence electrons. The number of hydrogen-bond donors (Lipinski definition) is 2. The highest BCUT2D eigenvalue weighted by atomic mass is 19.1. The van der Waals surface area contributed by atoms with Crippen LogP contribution in [0, 0.1) is 5.82 Å². The fraction of sp³-hybridized carbons (Fsp3) is 0.241. The number of rotatable bonds is 5. The standard InChI is InChI=1S/C29H26FN7O3/c30-22-11-16(8-9-20(22)21-12-35(18-13-40-14-18)28-23(21)26(31)33-15-34-28)19-7-4-10-36-25(19)24(27(32)38)29(39)37(36)17-5-2-1-3-6-17/h1-3,5-6,8-9,11-12,15,18-19H,4,7,10,13-14H2,(H2,32,38)(H2,31,33,34). The lowest BCUT2D eigenvalue weighted by Gasteiger charge is -2.27. The van der Waals surface area contributed by atoms with E-state index in [9.17, 15) is 9.59 Å². The van der Waals surface area contributed by atoms with Crippen LogP contribution in [0.15, 0.2) is 65.8 Å². The molecule has 7 rings (SSSR count). The molecular weight excluding hydrogens is 513 g/mol. The van der Waals surface area contributed by atoms with E-state index in [1.807, 2.05) is 39.7 Å². The van der Waals surface area contributed by atoms with Crippen LogP contribution >= 0.6 is 0 Å². The van der Waals surface area contributed by atoms with Crippen LogP contribution in [0.25, 0.3) is 27.8 Å². The number of hydrogen-bond acceptors (Lipinski definition) is 6. The van der Waals surface area contributed by atoms with Crippen molar-refractivity contribution in [3.8, 4) is 16.8 Å². The lowest BCUT2D eigenvalue weighted by molar-refractivity contribution is -0.0215. The quantitative estimate of drug-likeness (QED) is 0.352. The smallest absolute Gasteiger partial charge is 0.284 e. The average Bonchev–Trinajstić information content (AvgIpc) is 3.44. The van der Waals surface area contributed by atoms with Gasteiger partial charge in [-0.1, -0.05) is 30.3 Å². The van der Waals surface area contributed by atoms with Gasteiger partial charge >= 0.3 is 0 Å². The SMILES string of the molecule is NC(=O)c1c2n(n(-c3ccccc3)c1=O)CCCC2c1ccc(-c2cn(C3COC3)c3ncnc(N)c23)c(F)c1. The summed E-state index contributed by atoms with van der Waals surface area (Å²) in [5.74, 6) is -1.37. The van der Waals surface area contributed by atoms with Crippen molar-refractivity contribution >= 4 is 22.8 Å². The van der Waals surface area contributed by atoms with Gasteiger partial charge in [0.2, 0.25) is 0 Å². The second-order valence-electron chi connectivity index (χ2n) is 10.2. The Bertz CT molecular complexity index is 1850. The molecule has 0 aliphatic carbocycles. The molecule has 1 amide bonds. The van der Waals surface area contributed by atoms with Gasteiger partial charge in [0.15, 0.2) is 0 Å². The molecule has 1 unspecified atom stereocenters. The Balaban J connectivity index is 1.36. The second kappa shape index (κ2) is 9.16. The van der Waals surface area contributed by atoms with E-state index >= 15 is 4.39 Å². The third-order valence-electron chi connectivity index (χ3n) is 7.96. The third-order valence-corrected chi connectivity index (χ3v) is 7.96. The molecule has 1 fully saturated rings. The number of benzene rings is 2. The molecule has 0 spiro atoms. The van der Waals surface area contributed by atoms with E-state index in [0.29, 0.717) is 65.3 Å². The second-order valence-corrected chi connectivity index (χ2v) is 10.2. The summed E-state index contributed by atoms with van der Waals surface area (Å²) in [7, 11) is 0. The molecule has 5 aromatic rings. The fourth-order valence-corrected chi connectivity index (χ4v) is 6.04. The maximum Gasteiger partial charge on any atom is 0.284 e. The van der Waals surface area contributed by atoms with E-state index in [-0.39, 0.29) is 23.3 Å². The van der Waals surface area contributed by atoms with Crippen molar-refractivity contribution in [3.63, 3.8) is 0 Å². The number of fused-ring (bicyclic) bond motifs is 2. The number of halogens is 1. The van der Waals surface area contributed by atoms with Crippen molar-refractivity contribution in [1.82, 2.24) is 23.9 Å². The van der Waals surface area contributed by atoms with Gasteiger partial charge in [0.25, 0.3) is 11.5 Å². The van der Waals surface area contributed by atoms with Gasteiger partial charge in [0.05, 0.1) is 36.0 Å². The molecule has 2 aliphatic heterocycles. The molecule has 1 saturated heterocycles. The van der Waals surface area contributed by atoms with E-state index < -0.39 is 17.3 Å². The Morgan fingerprint density at radius 1 is 1.07 bits per heavy atom. The van der Waals surface area contributed by atoms with Crippen LogP contribution in [-0.4, -0.2) is 43.0 Å². The topological polar surface area (TPSA) is 136 Å². The van der Waals surface area contributed by atoms with E-state index in [1.165, 1.54) is 17.1 Å². The van der Waals surface area contributed by atoms with Gasteiger partial charge in [-0.2, -0.15) is 0 Å². The van der Waals surface area contributed by atoms with Crippen molar-refractivity contribution in [2.75, 3.05) is 18.9 Å². The Labute approximate surface area is 227 Å². The van der Waals surface area contributed by atoms with Crippen LogP contribution in [-0.2, 0) is 11.3 Å². The van der Waals surface area contributed by atoms with Gasteiger partial charge in [-0.3, -0.25) is 14.3 Å². The maximum atomic E-state index is 16.0. The highest BCUT2D eigenvalue weighted by Crippen LogP contribution is 2.40.